The van der Waals surface area contributed by atoms with Gasteiger partial charge in [-0.3, -0.25) is 4.79 Å². The van der Waals surface area contributed by atoms with E-state index >= 15 is 0 Å². The van der Waals surface area contributed by atoms with Crippen molar-refractivity contribution in [2.45, 2.75) is 36.6 Å². The van der Waals surface area contributed by atoms with Crippen LogP contribution in [-0.2, 0) is 14.8 Å². The summed E-state index contributed by atoms with van der Waals surface area (Å²) in [4.78, 5) is 13.9. The van der Waals surface area contributed by atoms with Crippen molar-refractivity contribution in [2.75, 3.05) is 32.2 Å². The van der Waals surface area contributed by atoms with Crippen LogP contribution in [0.4, 0.5) is 5.69 Å². The van der Waals surface area contributed by atoms with Crippen LogP contribution < -0.4 is 14.4 Å². The van der Waals surface area contributed by atoms with Crippen molar-refractivity contribution in [3.63, 3.8) is 0 Å². The van der Waals surface area contributed by atoms with E-state index < -0.39 is 10.0 Å². The molecule has 4 rings (SSSR count). The molecule has 0 unspecified atom stereocenters. The molecule has 1 atom stereocenters. The molecule has 2 aromatic carbocycles. The average molecular weight is 431 g/mol. The topological polar surface area (TPSA) is 76.2 Å². The minimum absolute atomic E-state index is 0.0804. The molecule has 1 amide bonds. The highest BCUT2D eigenvalue weighted by atomic mass is 32.2. The Morgan fingerprint density at radius 1 is 0.967 bits per heavy atom. The minimum Gasteiger partial charge on any atom is -0.497 e. The molecule has 2 aliphatic heterocycles. The molecule has 7 nitrogen and oxygen atoms in total. The van der Waals surface area contributed by atoms with Gasteiger partial charge >= 0.3 is 0 Å². The minimum atomic E-state index is -3.69. The standard InChI is InChI=1S/C22H26N2O5S/c1-28-17-9-12-19(21(15-17)29-2)20-5-3-14-24(20)30(26,27)18-10-7-16(8-11-18)23-13-4-6-22(23)25/h7-12,15,20H,3-6,13-14H2,1-2H3/t20-/m1/s1. The van der Waals surface area contributed by atoms with Gasteiger partial charge in [-0.1, -0.05) is 6.07 Å². The molecule has 2 aromatic rings. The first-order valence-corrected chi connectivity index (χ1v) is 11.5. The molecule has 2 fully saturated rings. The number of ether oxygens (including phenoxy) is 2. The third-order valence-electron chi connectivity index (χ3n) is 5.83. The van der Waals surface area contributed by atoms with Crippen LogP contribution in [0, 0.1) is 0 Å². The molecule has 0 bridgehead atoms. The van der Waals surface area contributed by atoms with E-state index in [0.29, 0.717) is 31.0 Å². The van der Waals surface area contributed by atoms with E-state index in [1.165, 1.54) is 0 Å². The maximum atomic E-state index is 13.4. The maximum absolute atomic E-state index is 13.4. The quantitative estimate of drug-likeness (QED) is 0.702. The van der Waals surface area contributed by atoms with E-state index in [2.05, 4.69) is 0 Å². The van der Waals surface area contributed by atoms with E-state index in [1.807, 2.05) is 12.1 Å². The number of anilines is 1. The monoisotopic (exact) mass is 430 g/mol. The van der Waals surface area contributed by atoms with Crippen molar-refractivity contribution in [3.8, 4) is 11.5 Å². The lowest BCUT2D eigenvalue weighted by molar-refractivity contribution is -0.117. The van der Waals surface area contributed by atoms with Crippen LogP contribution in [0.15, 0.2) is 47.4 Å². The number of rotatable bonds is 6. The number of hydrogen-bond acceptors (Lipinski definition) is 5. The highest BCUT2D eigenvalue weighted by molar-refractivity contribution is 7.89. The Labute approximate surface area is 177 Å². The van der Waals surface area contributed by atoms with Crippen LogP contribution in [0.2, 0.25) is 0 Å². The molecule has 0 aromatic heterocycles. The summed E-state index contributed by atoms with van der Waals surface area (Å²) in [7, 11) is -0.530. The van der Waals surface area contributed by atoms with Gasteiger partial charge in [0.1, 0.15) is 11.5 Å². The van der Waals surface area contributed by atoms with Gasteiger partial charge in [-0.15, -0.1) is 0 Å². The Hall–Kier alpha value is -2.58. The van der Waals surface area contributed by atoms with E-state index in [9.17, 15) is 13.2 Å². The van der Waals surface area contributed by atoms with E-state index in [-0.39, 0.29) is 16.8 Å². The van der Waals surface area contributed by atoms with Gasteiger partial charge in [0.25, 0.3) is 0 Å². The second kappa shape index (κ2) is 8.28. The smallest absolute Gasteiger partial charge is 0.243 e. The number of amides is 1. The molecular formula is C22H26N2O5S. The van der Waals surface area contributed by atoms with Gasteiger partial charge < -0.3 is 14.4 Å². The highest BCUT2D eigenvalue weighted by Gasteiger charge is 2.37. The number of sulfonamides is 1. The van der Waals surface area contributed by atoms with Gasteiger partial charge in [0.2, 0.25) is 15.9 Å². The number of methoxy groups -OCH3 is 2. The number of hydrogen-bond donors (Lipinski definition) is 0. The molecular weight excluding hydrogens is 404 g/mol. The molecule has 0 N–H and O–H groups in total. The fourth-order valence-electron chi connectivity index (χ4n) is 4.29. The van der Waals surface area contributed by atoms with Crippen LogP contribution in [-0.4, -0.2) is 45.9 Å². The summed E-state index contributed by atoms with van der Waals surface area (Å²) in [6.07, 6.45) is 2.87. The molecule has 2 aliphatic rings. The SMILES string of the molecule is COc1ccc([C@H]2CCCN2S(=O)(=O)c2ccc(N3CCCC3=O)cc2)c(OC)c1. The van der Waals surface area contributed by atoms with Gasteiger partial charge in [0.15, 0.2) is 0 Å². The molecule has 0 saturated carbocycles. The van der Waals surface area contributed by atoms with Gasteiger partial charge in [-0.25, -0.2) is 8.42 Å². The average Bonchev–Trinajstić information content (AvgIpc) is 3.43. The van der Waals surface area contributed by atoms with E-state index in [4.69, 9.17) is 9.47 Å². The summed E-state index contributed by atoms with van der Waals surface area (Å²) in [6, 6.07) is 11.8. The van der Waals surface area contributed by atoms with Crippen molar-refractivity contribution in [1.82, 2.24) is 4.31 Å². The lowest BCUT2D eigenvalue weighted by Crippen LogP contribution is -2.31. The van der Waals surface area contributed by atoms with Crippen LogP contribution in [0.5, 0.6) is 11.5 Å². The summed E-state index contributed by atoms with van der Waals surface area (Å²) in [5.74, 6) is 1.36. The highest BCUT2D eigenvalue weighted by Crippen LogP contribution is 2.41. The maximum Gasteiger partial charge on any atom is 0.243 e. The zero-order chi connectivity index (χ0) is 21.3. The van der Waals surface area contributed by atoms with Crippen molar-refractivity contribution in [3.05, 3.63) is 48.0 Å². The van der Waals surface area contributed by atoms with Crippen LogP contribution >= 0.6 is 0 Å². The van der Waals surface area contributed by atoms with Crippen LogP contribution in [0.1, 0.15) is 37.3 Å². The normalized spacial score (nSPS) is 20.0. The molecule has 2 heterocycles. The summed E-state index contributed by atoms with van der Waals surface area (Å²) in [5, 5.41) is 0. The van der Waals surface area contributed by atoms with Gasteiger partial charge in [0.05, 0.1) is 25.2 Å². The predicted octanol–water partition coefficient (Wildman–Crippen LogP) is 3.36. The van der Waals surface area contributed by atoms with Crippen molar-refractivity contribution in [1.29, 1.82) is 0 Å². The van der Waals surface area contributed by atoms with Gasteiger partial charge in [-0.05, 0) is 49.6 Å². The first-order chi connectivity index (χ1) is 14.5. The van der Waals surface area contributed by atoms with Crippen LogP contribution in [0.3, 0.4) is 0 Å². The fraction of sp³-hybridized carbons (Fsp3) is 0.409. The van der Waals surface area contributed by atoms with E-state index in [1.54, 1.807) is 53.8 Å². The number of carbonyl (C=O) groups excluding carboxylic acids is 1. The molecule has 2 saturated heterocycles. The Bertz CT molecular complexity index is 1040. The first kappa shape index (κ1) is 20.7. The Balaban J connectivity index is 1.63. The lowest BCUT2D eigenvalue weighted by atomic mass is 10.0. The molecule has 30 heavy (non-hydrogen) atoms. The van der Waals surface area contributed by atoms with Crippen molar-refractivity contribution in [2.24, 2.45) is 0 Å². The second-order valence-electron chi connectivity index (χ2n) is 7.52. The van der Waals surface area contributed by atoms with Gasteiger partial charge in [0, 0.05) is 36.8 Å². The third-order valence-corrected chi connectivity index (χ3v) is 7.75. The van der Waals surface area contributed by atoms with Crippen LogP contribution in [0.25, 0.3) is 0 Å². The number of nitrogens with zero attached hydrogens (tertiary/aromatic N) is 2. The Kier molecular flexibility index (Phi) is 5.71. The summed E-state index contributed by atoms with van der Waals surface area (Å²) < 4.78 is 39.2. The zero-order valence-corrected chi connectivity index (χ0v) is 18.0. The fourth-order valence-corrected chi connectivity index (χ4v) is 5.96. The summed E-state index contributed by atoms with van der Waals surface area (Å²) >= 11 is 0. The van der Waals surface area contributed by atoms with E-state index in [0.717, 1.165) is 30.5 Å². The number of carbonyl (C=O) groups is 1. The summed E-state index contributed by atoms with van der Waals surface area (Å²) in [6.45, 7) is 1.13. The number of benzene rings is 2. The molecule has 0 spiro atoms. The second-order valence-corrected chi connectivity index (χ2v) is 9.42. The third kappa shape index (κ3) is 3.65. The Morgan fingerprint density at radius 3 is 2.37 bits per heavy atom. The first-order valence-electron chi connectivity index (χ1n) is 10.1. The largest absolute Gasteiger partial charge is 0.497 e. The predicted molar refractivity (Wildman–Crippen MR) is 113 cm³/mol. The Morgan fingerprint density at radius 2 is 1.73 bits per heavy atom. The van der Waals surface area contributed by atoms with Crippen molar-refractivity contribution >= 4 is 21.6 Å². The zero-order valence-electron chi connectivity index (χ0n) is 17.2. The lowest BCUT2D eigenvalue weighted by Gasteiger charge is -2.26. The molecule has 0 radical (unpaired) electrons. The van der Waals surface area contributed by atoms with Crippen molar-refractivity contribution < 1.29 is 22.7 Å². The van der Waals surface area contributed by atoms with Gasteiger partial charge in [-0.2, -0.15) is 4.31 Å². The molecule has 8 heteroatoms. The summed E-state index contributed by atoms with van der Waals surface area (Å²) in [5.41, 5.74) is 1.57. The molecule has 0 aliphatic carbocycles. The molecule has 160 valence electrons.